The molecular weight excluding hydrogens is 299 g/mol. The van der Waals surface area contributed by atoms with Gasteiger partial charge in [0.15, 0.2) is 0 Å². The van der Waals surface area contributed by atoms with E-state index in [1.54, 1.807) is 0 Å². The molecule has 0 spiro atoms. The van der Waals surface area contributed by atoms with Crippen molar-refractivity contribution >= 4 is 11.6 Å². The van der Waals surface area contributed by atoms with E-state index in [1.165, 1.54) is 30.3 Å². The van der Waals surface area contributed by atoms with Crippen molar-refractivity contribution in [3.8, 4) is 0 Å². The van der Waals surface area contributed by atoms with E-state index in [1.807, 2.05) is 6.92 Å². The largest absolute Gasteiger partial charge is 0.306 e. The fourth-order valence-electron chi connectivity index (χ4n) is 2.15. The number of halogens is 4. The van der Waals surface area contributed by atoms with Crippen LogP contribution in [0.25, 0.3) is 0 Å². The van der Waals surface area contributed by atoms with Gasteiger partial charge in [-0.3, -0.25) is 0 Å². The molecule has 0 aromatic heterocycles. The van der Waals surface area contributed by atoms with Crippen LogP contribution in [0.3, 0.4) is 0 Å². The zero-order chi connectivity index (χ0) is 15.4. The summed E-state index contributed by atoms with van der Waals surface area (Å²) >= 11 is 6.10. The number of nitrogens with one attached hydrogen (secondary N) is 1. The maximum atomic E-state index is 14.0. The van der Waals surface area contributed by atoms with Gasteiger partial charge in [0, 0.05) is 16.7 Å². The van der Waals surface area contributed by atoms with Crippen LogP contribution in [0.1, 0.15) is 30.5 Å². The van der Waals surface area contributed by atoms with Gasteiger partial charge in [0.05, 0.1) is 6.04 Å². The summed E-state index contributed by atoms with van der Waals surface area (Å²) in [6, 6.07) is 6.62. The first-order valence-electron chi connectivity index (χ1n) is 6.66. The standard InChI is InChI=1S/C16H15ClF3N/c1-2-7-21-16(12-5-3-11(19)9-15(12)20)13-8-10(18)4-6-14(13)17/h3-6,8-9,16,21H,2,7H2,1H3. The Hall–Kier alpha value is -1.52. The lowest BCUT2D eigenvalue weighted by atomic mass is 9.97. The highest BCUT2D eigenvalue weighted by atomic mass is 35.5. The third kappa shape index (κ3) is 3.77. The average molecular weight is 314 g/mol. The molecule has 0 aliphatic rings. The first-order chi connectivity index (χ1) is 10.0. The van der Waals surface area contributed by atoms with E-state index in [9.17, 15) is 13.2 Å². The lowest BCUT2D eigenvalue weighted by molar-refractivity contribution is 0.530. The summed E-state index contributed by atoms with van der Waals surface area (Å²) in [5.74, 6) is -1.81. The van der Waals surface area contributed by atoms with Crippen molar-refractivity contribution < 1.29 is 13.2 Å². The summed E-state index contributed by atoms with van der Waals surface area (Å²) < 4.78 is 40.6. The molecule has 0 aliphatic heterocycles. The fourth-order valence-corrected chi connectivity index (χ4v) is 2.37. The smallest absolute Gasteiger partial charge is 0.131 e. The van der Waals surface area contributed by atoms with Crippen LogP contribution in [0.5, 0.6) is 0 Å². The van der Waals surface area contributed by atoms with Crippen LogP contribution in [0.2, 0.25) is 5.02 Å². The van der Waals surface area contributed by atoms with E-state index in [2.05, 4.69) is 5.32 Å². The van der Waals surface area contributed by atoms with Crippen LogP contribution in [-0.4, -0.2) is 6.54 Å². The molecule has 5 heteroatoms. The molecule has 1 unspecified atom stereocenters. The van der Waals surface area contributed by atoms with E-state index in [-0.39, 0.29) is 5.56 Å². The number of benzene rings is 2. The quantitative estimate of drug-likeness (QED) is 0.832. The molecule has 112 valence electrons. The third-order valence-electron chi connectivity index (χ3n) is 3.14. The van der Waals surface area contributed by atoms with Crippen LogP contribution in [0.15, 0.2) is 36.4 Å². The molecule has 0 aliphatic carbocycles. The zero-order valence-electron chi connectivity index (χ0n) is 11.5. The minimum Gasteiger partial charge on any atom is -0.306 e. The molecule has 1 nitrogen and oxygen atoms in total. The molecule has 21 heavy (non-hydrogen) atoms. The molecule has 2 rings (SSSR count). The van der Waals surface area contributed by atoms with Gasteiger partial charge in [-0.2, -0.15) is 0 Å². The van der Waals surface area contributed by atoms with Crippen LogP contribution in [-0.2, 0) is 0 Å². The molecule has 0 heterocycles. The van der Waals surface area contributed by atoms with E-state index >= 15 is 0 Å². The third-order valence-corrected chi connectivity index (χ3v) is 3.49. The van der Waals surface area contributed by atoms with Crippen molar-refractivity contribution in [3.63, 3.8) is 0 Å². The summed E-state index contributed by atoms with van der Waals surface area (Å²) in [5.41, 5.74) is 0.660. The van der Waals surface area contributed by atoms with Gasteiger partial charge >= 0.3 is 0 Å². The molecular formula is C16H15ClF3N. The van der Waals surface area contributed by atoms with Gasteiger partial charge in [-0.25, -0.2) is 13.2 Å². The summed E-state index contributed by atoms with van der Waals surface area (Å²) in [4.78, 5) is 0. The summed E-state index contributed by atoms with van der Waals surface area (Å²) in [6.45, 7) is 2.55. The second-order valence-corrected chi connectivity index (χ2v) is 5.13. The zero-order valence-corrected chi connectivity index (χ0v) is 12.2. The molecule has 0 saturated carbocycles. The SMILES string of the molecule is CCCNC(c1ccc(F)cc1F)c1cc(F)ccc1Cl. The van der Waals surface area contributed by atoms with Crippen molar-refractivity contribution in [2.24, 2.45) is 0 Å². The minimum absolute atomic E-state index is 0.234. The minimum atomic E-state index is -0.691. The second-order valence-electron chi connectivity index (χ2n) is 4.72. The molecule has 0 radical (unpaired) electrons. The molecule has 1 N–H and O–H groups in total. The van der Waals surface area contributed by atoms with Gasteiger partial charge in [-0.1, -0.05) is 24.6 Å². The predicted octanol–water partition coefficient (Wildman–Crippen LogP) is 4.85. The van der Waals surface area contributed by atoms with Gasteiger partial charge < -0.3 is 5.32 Å². The van der Waals surface area contributed by atoms with Gasteiger partial charge in [-0.15, -0.1) is 0 Å². The first-order valence-corrected chi connectivity index (χ1v) is 7.04. The molecule has 2 aromatic carbocycles. The van der Waals surface area contributed by atoms with E-state index in [4.69, 9.17) is 11.6 Å². The maximum absolute atomic E-state index is 14.0. The van der Waals surface area contributed by atoms with E-state index < -0.39 is 23.5 Å². The van der Waals surface area contributed by atoms with E-state index in [0.717, 1.165) is 12.5 Å². The van der Waals surface area contributed by atoms with Crippen LogP contribution in [0.4, 0.5) is 13.2 Å². The highest BCUT2D eigenvalue weighted by Crippen LogP contribution is 2.30. The Labute approximate surface area is 126 Å². The van der Waals surface area contributed by atoms with Crippen molar-refractivity contribution in [2.45, 2.75) is 19.4 Å². The fraction of sp³-hybridized carbons (Fsp3) is 0.250. The molecule has 0 bridgehead atoms. The predicted molar refractivity (Wildman–Crippen MR) is 77.9 cm³/mol. The monoisotopic (exact) mass is 313 g/mol. The van der Waals surface area contributed by atoms with Crippen molar-refractivity contribution in [2.75, 3.05) is 6.54 Å². The summed E-state index contributed by atoms with van der Waals surface area (Å²) in [7, 11) is 0. The Kier molecular flexibility index (Phi) is 5.26. The van der Waals surface area contributed by atoms with Gasteiger partial charge in [0.2, 0.25) is 0 Å². The summed E-state index contributed by atoms with van der Waals surface area (Å²) in [6.07, 6.45) is 0.812. The van der Waals surface area contributed by atoms with Gasteiger partial charge in [-0.05, 0) is 42.8 Å². The number of hydrogen-bond acceptors (Lipinski definition) is 1. The highest BCUT2D eigenvalue weighted by molar-refractivity contribution is 6.31. The second kappa shape index (κ2) is 6.96. The number of hydrogen-bond donors (Lipinski definition) is 1. The van der Waals surface area contributed by atoms with Crippen LogP contribution >= 0.6 is 11.6 Å². The van der Waals surface area contributed by atoms with Crippen LogP contribution < -0.4 is 5.32 Å². The molecule has 0 saturated heterocycles. The molecule has 1 atom stereocenters. The Morgan fingerprint density at radius 3 is 2.33 bits per heavy atom. The van der Waals surface area contributed by atoms with Crippen molar-refractivity contribution in [3.05, 3.63) is 70.0 Å². The Morgan fingerprint density at radius 2 is 1.67 bits per heavy atom. The highest BCUT2D eigenvalue weighted by Gasteiger charge is 2.20. The molecule has 0 amide bonds. The van der Waals surface area contributed by atoms with Crippen molar-refractivity contribution in [1.82, 2.24) is 5.32 Å². The van der Waals surface area contributed by atoms with Gasteiger partial charge in [0.25, 0.3) is 0 Å². The van der Waals surface area contributed by atoms with Crippen molar-refractivity contribution in [1.29, 1.82) is 0 Å². The summed E-state index contributed by atoms with van der Waals surface area (Å²) in [5, 5.41) is 3.44. The lowest BCUT2D eigenvalue weighted by Crippen LogP contribution is -2.24. The Balaban J connectivity index is 2.49. The Bertz CT molecular complexity index is 631. The normalized spacial score (nSPS) is 12.4. The van der Waals surface area contributed by atoms with E-state index in [0.29, 0.717) is 17.1 Å². The Morgan fingerprint density at radius 1 is 1.00 bits per heavy atom. The topological polar surface area (TPSA) is 12.0 Å². The maximum Gasteiger partial charge on any atom is 0.131 e. The van der Waals surface area contributed by atoms with Gasteiger partial charge in [0.1, 0.15) is 17.5 Å². The first kappa shape index (κ1) is 15.9. The lowest BCUT2D eigenvalue weighted by Gasteiger charge is -2.21. The average Bonchev–Trinajstić information content (AvgIpc) is 2.44. The van der Waals surface area contributed by atoms with Crippen LogP contribution in [0, 0.1) is 17.5 Å². The number of rotatable bonds is 5. The molecule has 0 fully saturated rings. The molecule has 2 aromatic rings.